The summed E-state index contributed by atoms with van der Waals surface area (Å²) in [6.07, 6.45) is -4.88. The summed E-state index contributed by atoms with van der Waals surface area (Å²) in [7, 11) is 3.67. The molecule has 1 aromatic rings. The third-order valence-electron chi connectivity index (χ3n) is 2.33. The smallest absolute Gasteiger partial charge is 0.390 e. The fourth-order valence-corrected chi connectivity index (χ4v) is 1.50. The van der Waals surface area contributed by atoms with Crippen LogP contribution in [-0.4, -0.2) is 43.3 Å². The summed E-state index contributed by atoms with van der Waals surface area (Å²) in [6.45, 7) is 0.789. The Kier molecular flexibility index (Phi) is 4.98. The summed E-state index contributed by atoms with van der Waals surface area (Å²) >= 11 is 0. The van der Waals surface area contributed by atoms with Crippen LogP contribution in [0.2, 0.25) is 0 Å². The van der Waals surface area contributed by atoms with E-state index in [1.807, 2.05) is 19.0 Å². The molecular weight excluding hydrogens is 245 g/mol. The topological polar surface area (TPSA) is 35.5 Å². The number of hydrogen-bond acceptors (Lipinski definition) is 3. The second-order valence-corrected chi connectivity index (χ2v) is 4.37. The largest absolute Gasteiger partial charge is 0.416 e. The van der Waals surface area contributed by atoms with E-state index in [4.69, 9.17) is 0 Å². The maximum atomic E-state index is 12.3. The number of halogens is 3. The van der Waals surface area contributed by atoms with Gasteiger partial charge in [0.2, 0.25) is 0 Å². The van der Waals surface area contributed by atoms with Crippen molar-refractivity contribution in [2.75, 3.05) is 32.5 Å². The molecule has 1 rings (SSSR count). The van der Waals surface area contributed by atoms with E-state index in [9.17, 15) is 18.3 Å². The van der Waals surface area contributed by atoms with Crippen LogP contribution in [0.15, 0.2) is 24.3 Å². The van der Waals surface area contributed by atoms with Crippen molar-refractivity contribution < 1.29 is 18.3 Å². The lowest BCUT2D eigenvalue weighted by atomic mass is 10.2. The molecule has 0 radical (unpaired) electrons. The third kappa shape index (κ3) is 4.93. The highest BCUT2D eigenvalue weighted by atomic mass is 19.4. The number of hydrogen-bond donors (Lipinski definition) is 2. The average molecular weight is 262 g/mol. The summed E-state index contributed by atoms with van der Waals surface area (Å²) in [5, 5.41) is 12.5. The average Bonchev–Trinajstić information content (AvgIpc) is 2.25. The SMILES string of the molecule is CN(C)CC(O)CNc1ccc(C(F)(F)F)cc1. The molecule has 0 fully saturated rings. The molecule has 0 saturated carbocycles. The lowest BCUT2D eigenvalue weighted by Gasteiger charge is -2.17. The van der Waals surface area contributed by atoms with Crippen molar-refractivity contribution in [3.05, 3.63) is 29.8 Å². The third-order valence-corrected chi connectivity index (χ3v) is 2.33. The first kappa shape index (κ1) is 14.8. The van der Waals surface area contributed by atoms with Crippen LogP contribution < -0.4 is 5.32 Å². The number of likely N-dealkylation sites (N-methyl/N-ethyl adjacent to an activating group) is 1. The zero-order chi connectivity index (χ0) is 13.8. The normalized spacial score (nSPS) is 13.7. The van der Waals surface area contributed by atoms with E-state index in [-0.39, 0.29) is 0 Å². The van der Waals surface area contributed by atoms with Crippen LogP contribution in [-0.2, 0) is 6.18 Å². The highest BCUT2D eigenvalue weighted by Gasteiger charge is 2.29. The molecule has 0 bridgehead atoms. The van der Waals surface area contributed by atoms with Crippen LogP contribution >= 0.6 is 0 Å². The first-order chi connectivity index (χ1) is 8.29. The Morgan fingerprint density at radius 3 is 2.22 bits per heavy atom. The fourth-order valence-electron chi connectivity index (χ4n) is 1.50. The molecule has 102 valence electrons. The van der Waals surface area contributed by atoms with E-state index < -0.39 is 17.8 Å². The Morgan fingerprint density at radius 1 is 1.22 bits per heavy atom. The Balaban J connectivity index is 2.49. The molecule has 1 atom stereocenters. The van der Waals surface area contributed by atoms with Crippen molar-refractivity contribution in [1.29, 1.82) is 0 Å². The van der Waals surface area contributed by atoms with Gasteiger partial charge in [-0.1, -0.05) is 0 Å². The van der Waals surface area contributed by atoms with E-state index in [0.29, 0.717) is 18.8 Å². The van der Waals surface area contributed by atoms with Gasteiger partial charge in [0.1, 0.15) is 0 Å². The lowest BCUT2D eigenvalue weighted by Crippen LogP contribution is -2.31. The number of rotatable bonds is 5. The van der Waals surface area contributed by atoms with E-state index in [1.54, 1.807) is 0 Å². The van der Waals surface area contributed by atoms with Crippen molar-refractivity contribution in [2.24, 2.45) is 0 Å². The zero-order valence-electron chi connectivity index (χ0n) is 10.3. The van der Waals surface area contributed by atoms with Crippen LogP contribution in [0, 0.1) is 0 Å². The minimum atomic E-state index is -4.32. The molecule has 6 heteroatoms. The number of nitrogens with one attached hydrogen (secondary N) is 1. The molecule has 0 saturated heterocycles. The van der Waals surface area contributed by atoms with Gasteiger partial charge in [-0.3, -0.25) is 0 Å². The summed E-state index contributed by atoms with van der Waals surface area (Å²) < 4.78 is 36.9. The molecule has 0 aromatic heterocycles. The summed E-state index contributed by atoms with van der Waals surface area (Å²) in [5.41, 5.74) is -0.123. The first-order valence-corrected chi connectivity index (χ1v) is 5.53. The molecule has 3 nitrogen and oxygen atoms in total. The maximum absolute atomic E-state index is 12.3. The quantitative estimate of drug-likeness (QED) is 0.852. The molecule has 2 N–H and O–H groups in total. The van der Waals surface area contributed by atoms with Crippen molar-refractivity contribution in [3.8, 4) is 0 Å². The van der Waals surface area contributed by atoms with E-state index in [1.165, 1.54) is 12.1 Å². The molecule has 0 aliphatic rings. The van der Waals surface area contributed by atoms with Crippen molar-refractivity contribution >= 4 is 5.69 Å². The molecule has 1 aromatic carbocycles. The Morgan fingerprint density at radius 2 is 1.78 bits per heavy atom. The molecular formula is C12H17F3N2O. The van der Waals surface area contributed by atoms with Crippen molar-refractivity contribution in [1.82, 2.24) is 4.90 Å². The van der Waals surface area contributed by atoms with Crippen LogP contribution in [0.1, 0.15) is 5.56 Å². The maximum Gasteiger partial charge on any atom is 0.416 e. The van der Waals surface area contributed by atoms with Crippen LogP contribution in [0.25, 0.3) is 0 Å². The molecule has 1 unspecified atom stereocenters. The minimum absolute atomic E-state index is 0.295. The van der Waals surface area contributed by atoms with Crippen molar-refractivity contribution in [3.63, 3.8) is 0 Å². The van der Waals surface area contributed by atoms with Gasteiger partial charge >= 0.3 is 6.18 Å². The van der Waals surface area contributed by atoms with Gasteiger partial charge in [-0.15, -0.1) is 0 Å². The summed E-state index contributed by atoms with van der Waals surface area (Å²) in [5.74, 6) is 0. The Bertz CT molecular complexity index is 363. The number of aliphatic hydroxyl groups excluding tert-OH is 1. The highest BCUT2D eigenvalue weighted by molar-refractivity contribution is 5.45. The number of benzene rings is 1. The number of anilines is 1. The predicted octanol–water partition coefficient (Wildman–Crippen LogP) is 2.04. The van der Waals surface area contributed by atoms with Gasteiger partial charge in [0.15, 0.2) is 0 Å². The summed E-state index contributed by atoms with van der Waals surface area (Å²) in [6, 6.07) is 4.73. The number of alkyl halides is 3. The van der Waals surface area contributed by atoms with Crippen LogP contribution in [0.3, 0.4) is 0 Å². The first-order valence-electron chi connectivity index (χ1n) is 5.53. The zero-order valence-corrected chi connectivity index (χ0v) is 10.3. The molecule has 18 heavy (non-hydrogen) atoms. The van der Waals surface area contributed by atoms with E-state index in [0.717, 1.165) is 12.1 Å². The number of nitrogens with zero attached hydrogens (tertiary/aromatic N) is 1. The molecule has 0 heterocycles. The van der Waals surface area contributed by atoms with Crippen LogP contribution in [0.5, 0.6) is 0 Å². The van der Waals surface area contributed by atoms with Gasteiger partial charge < -0.3 is 15.3 Å². The number of aliphatic hydroxyl groups is 1. The standard InChI is InChI=1S/C12H17F3N2O/c1-17(2)8-11(18)7-16-10-5-3-9(4-6-10)12(13,14)15/h3-6,11,16,18H,7-8H2,1-2H3. The molecule has 0 amide bonds. The van der Waals surface area contributed by atoms with E-state index >= 15 is 0 Å². The second kappa shape index (κ2) is 6.06. The van der Waals surface area contributed by atoms with Gasteiger partial charge in [-0.2, -0.15) is 13.2 Å². The summed E-state index contributed by atoms with van der Waals surface area (Å²) in [4.78, 5) is 1.83. The Labute approximate surface area is 104 Å². The lowest BCUT2D eigenvalue weighted by molar-refractivity contribution is -0.137. The van der Waals surface area contributed by atoms with Gasteiger partial charge in [0.25, 0.3) is 0 Å². The van der Waals surface area contributed by atoms with Gasteiger partial charge in [-0.25, -0.2) is 0 Å². The predicted molar refractivity (Wildman–Crippen MR) is 64.5 cm³/mol. The van der Waals surface area contributed by atoms with E-state index in [2.05, 4.69) is 5.32 Å². The highest BCUT2D eigenvalue weighted by Crippen LogP contribution is 2.29. The molecule has 0 aliphatic carbocycles. The van der Waals surface area contributed by atoms with Gasteiger partial charge in [0.05, 0.1) is 11.7 Å². The van der Waals surface area contributed by atoms with Crippen molar-refractivity contribution in [2.45, 2.75) is 12.3 Å². The second-order valence-electron chi connectivity index (χ2n) is 4.37. The molecule has 0 spiro atoms. The molecule has 0 aliphatic heterocycles. The monoisotopic (exact) mass is 262 g/mol. The Hall–Kier alpha value is -1.27. The fraction of sp³-hybridized carbons (Fsp3) is 0.500. The van der Waals surface area contributed by atoms with Gasteiger partial charge in [-0.05, 0) is 38.4 Å². The van der Waals surface area contributed by atoms with Crippen LogP contribution in [0.4, 0.5) is 18.9 Å². The van der Waals surface area contributed by atoms with Gasteiger partial charge in [0, 0.05) is 18.8 Å². The minimum Gasteiger partial charge on any atom is -0.390 e.